The van der Waals surface area contributed by atoms with Gasteiger partial charge in [0.2, 0.25) is 0 Å². The summed E-state index contributed by atoms with van der Waals surface area (Å²) < 4.78 is 10.5. The molecule has 6 rings (SSSR count). The van der Waals surface area contributed by atoms with Crippen LogP contribution in [0.3, 0.4) is 0 Å². The molecule has 0 spiro atoms. The Morgan fingerprint density at radius 2 is 1.41 bits per heavy atom. The van der Waals surface area contributed by atoms with Gasteiger partial charge < -0.3 is 14.7 Å². The van der Waals surface area contributed by atoms with Gasteiger partial charge in [0, 0.05) is 28.8 Å². The molecule has 0 aliphatic carbocycles. The number of Topliss-reactive ketones (excluding diaryl/α,β-unsaturated/α-hetero) is 1. The van der Waals surface area contributed by atoms with Gasteiger partial charge in [-0.25, -0.2) is 0 Å². The zero-order valence-corrected chi connectivity index (χ0v) is 27.1. The van der Waals surface area contributed by atoms with Crippen molar-refractivity contribution in [1.82, 2.24) is 4.57 Å². The summed E-state index contributed by atoms with van der Waals surface area (Å²) in [5.74, 6) is -1.62. The third-order valence-corrected chi connectivity index (χ3v) is 14.5. The van der Waals surface area contributed by atoms with Crippen molar-refractivity contribution in [3.63, 3.8) is 0 Å². The van der Waals surface area contributed by atoms with Crippen LogP contribution in [0.2, 0.25) is 5.04 Å². The molecule has 0 bridgehead atoms. The van der Waals surface area contributed by atoms with Crippen molar-refractivity contribution in [3.05, 3.63) is 121 Å². The SMILES string of the molecule is CC(C)(C)[Si](OCCCn1c(-c2cc3ccccc3s2)c(C(=O)C(N)=O)c2ccccc21)(c1ccccc1)c1ccccc1. The summed E-state index contributed by atoms with van der Waals surface area (Å²) >= 11 is 1.61. The Morgan fingerprint density at radius 1 is 0.818 bits per heavy atom. The molecule has 0 fully saturated rings. The first-order valence-electron chi connectivity index (χ1n) is 14.9. The van der Waals surface area contributed by atoms with Crippen LogP contribution in [-0.4, -0.2) is 31.2 Å². The van der Waals surface area contributed by atoms with Gasteiger partial charge >= 0.3 is 0 Å². The highest BCUT2D eigenvalue weighted by molar-refractivity contribution is 7.22. The lowest BCUT2D eigenvalue weighted by Gasteiger charge is -2.43. The smallest absolute Gasteiger partial charge is 0.289 e. The number of hydrogen-bond acceptors (Lipinski definition) is 4. The number of benzene rings is 4. The average Bonchev–Trinajstić information content (AvgIpc) is 3.60. The number of nitrogens with zero attached hydrogens (tertiary/aromatic N) is 1. The van der Waals surface area contributed by atoms with E-state index in [1.165, 1.54) is 10.4 Å². The van der Waals surface area contributed by atoms with Crippen molar-refractivity contribution in [2.75, 3.05) is 6.61 Å². The Bertz CT molecular complexity index is 1880. The summed E-state index contributed by atoms with van der Waals surface area (Å²) in [6, 6.07) is 39.3. The lowest BCUT2D eigenvalue weighted by Crippen LogP contribution is -2.66. The first kappa shape index (κ1) is 29.8. The molecule has 1 amide bonds. The number of ketones is 1. The molecular weight excluding hydrogens is 581 g/mol. The summed E-state index contributed by atoms with van der Waals surface area (Å²) in [6.45, 7) is 7.97. The number of aromatic nitrogens is 1. The van der Waals surface area contributed by atoms with Gasteiger partial charge in [-0.15, -0.1) is 11.3 Å². The molecule has 2 N–H and O–H groups in total. The molecule has 0 saturated carbocycles. The first-order valence-corrected chi connectivity index (χ1v) is 17.6. The maximum absolute atomic E-state index is 13.4. The van der Waals surface area contributed by atoms with Crippen LogP contribution in [0.5, 0.6) is 0 Å². The zero-order valence-electron chi connectivity index (χ0n) is 25.2. The summed E-state index contributed by atoms with van der Waals surface area (Å²) in [5.41, 5.74) is 7.61. The first-order chi connectivity index (χ1) is 21.2. The second-order valence-electron chi connectivity index (χ2n) is 12.1. The molecule has 0 radical (unpaired) electrons. The number of rotatable bonds is 10. The quantitative estimate of drug-likeness (QED) is 0.0768. The number of primary amides is 1. The number of carbonyl (C=O) groups excluding carboxylic acids is 2. The Morgan fingerprint density at radius 3 is 2.02 bits per heavy atom. The normalized spacial score (nSPS) is 12.2. The van der Waals surface area contributed by atoms with Gasteiger partial charge in [-0.1, -0.05) is 118 Å². The minimum Gasteiger partial charge on any atom is -0.407 e. The number of fused-ring (bicyclic) bond motifs is 2. The second kappa shape index (κ2) is 12.0. The highest BCUT2D eigenvalue weighted by Crippen LogP contribution is 2.41. The van der Waals surface area contributed by atoms with Crippen LogP contribution in [-0.2, 0) is 15.8 Å². The van der Waals surface area contributed by atoms with E-state index in [2.05, 4.69) is 92.1 Å². The molecule has 0 atom stereocenters. The van der Waals surface area contributed by atoms with E-state index in [0.717, 1.165) is 31.6 Å². The van der Waals surface area contributed by atoms with Crippen molar-refractivity contribution < 1.29 is 14.0 Å². The van der Waals surface area contributed by atoms with E-state index in [9.17, 15) is 9.59 Å². The fourth-order valence-electron chi connectivity index (χ4n) is 6.45. The molecule has 0 aliphatic heterocycles. The van der Waals surface area contributed by atoms with Crippen molar-refractivity contribution in [2.24, 2.45) is 5.73 Å². The summed E-state index contributed by atoms with van der Waals surface area (Å²) in [5, 5.41) is 4.18. The highest BCUT2D eigenvalue weighted by atomic mass is 32.1. The monoisotopic (exact) mass is 616 g/mol. The summed E-state index contributed by atoms with van der Waals surface area (Å²) in [7, 11) is -2.69. The van der Waals surface area contributed by atoms with E-state index in [-0.39, 0.29) is 5.04 Å². The Kier molecular flexibility index (Phi) is 8.11. The van der Waals surface area contributed by atoms with Crippen LogP contribution in [0.4, 0.5) is 0 Å². The number of carbonyl (C=O) groups is 2. The third kappa shape index (κ3) is 5.21. The molecule has 5 nitrogen and oxygen atoms in total. The summed E-state index contributed by atoms with van der Waals surface area (Å²) in [6.07, 6.45) is 0.714. The van der Waals surface area contributed by atoms with Crippen LogP contribution in [0.1, 0.15) is 37.6 Å². The molecule has 4 aromatic carbocycles. The molecule has 2 aromatic heterocycles. The number of thiophene rings is 1. The van der Waals surface area contributed by atoms with E-state index >= 15 is 0 Å². The zero-order chi connectivity index (χ0) is 30.9. The van der Waals surface area contributed by atoms with Crippen LogP contribution < -0.4 is 16.1 Å². The van der Waals surface area contributed by atoms with Crippen LogP contribution >= 0.6 is 11.3 Å². The molecule has 44 heavy (non-hydrogen) atoms. The van der Waals surface area contributed by atoms with Crippen molar-refractivity contribution in [1.29, 1.82) is 0 Å². The number of aryl methyl sites for hydroxylation is 1. The van der Waals surface area contributed by atoms with Gasteiger partial charge in [0.15, 0.2) is 0 Å². The minimum atomic E-state index is -2.69. The molecule has 2 heterocycles. The van der Waals surface area contributed by atoms with Gasteiger partial charge in [-0.05, 0) is 45.4 Å². The largest absolute Gasteiger partial charge is 0.407 e. The Labute approximate surface area is 263 Å². The minimum absolute atomic E-state index is 0.126. The van der Waals surface area contributed by atoms with Crippen LogP contribution in [0.15, 0.2) is 115 Å². The third-order valence-electron chi connectivity index (χ3n) is 8.34. The standard InChI is InChI=1S/C37H36N2O3SSi/c1-37(2,3)44(27-16-6-4-7-17-27,28-18-8-5-9-19-28)42-24-14-23-39-30-21-12-11-20-29(30)33(35(40)36(38)41)34(39)32-25-26-15-10-13-22-31(26)43-32/h4-13,15-22,25H,14,23-24H2,1-3H3,(H2,38,41). The Balaban J connectivity index is 1.41. The van der Waals surface area contributed by atoms with Gasteiger partial charge in [-0.2, -0.15) is 0 Å². The van der Waals surface area contributed by atoms with E-state index in [1.54, 1.807) is 11.3 Å². The number of nitrogens with two attached hydrogens (primary N) is 1. The predicted octanol–water partition coefficient (Wildman–Crippen LogP) is 7.16. The number of amides is 1. The van der Waals surface area contributed by atoms with E-state index in [0.29, 0.717) is 25.1 Å². The molecular formula is C37H36N2O3SSi. The summed E-state index contributed by atoms with van der Waals surface area (Å²) in [4.78, 5) is 26.6. The molecule has 6 aromatic rings. The van der Waals surface area contributed by atoms with Gasteiger partial charge in [0.1, 0.15) is 0 Å². The van der Waals surface area contributed by atoms with Crippen molar-refractivity contribution >= 4 is 62.7 Å². The predicted molar refractivity (Wildman–Crippen MR) is 184 cm³/mol. The van der Waals surface area contributed by atoms with E-state index < -0.39 is 20.0 Å². The lowest BCUT2D eigenvalue weighted by atomic mass is 10.0. The fourth-order valence-corrected chi connectivity index (χ4v) is 12.2. The van der Waals surface area contributed by atoms with Crippen LogP contribution in [0, 0.1) is 0 Å². The molecule has 0 aliphatic rings. The lowest BCUT2D eigenvalue weighted by molar-refractivity contribution is -0.114. The van der Waals surface area contributed by atoms with Crippen molar-refractivity contribution in [2.45, 2.75) is 38.8 Å². The van der Waals surface area contributed by atoms with Gasteiger partial charge in [0.25, 0.3) is 20.0 Å². The average molecular weight is 617 g/mol. The molecule has 7 heteroatoms. The number of hydrogen-bond donors (Lipinski definition) is 1. The maximum atomic E-state index is 13.4. The van der Waals surface area contributed by atoms with Crippen molar-refractivity contribution in [3.8, 4) is 10.6 Å². The maximum Gasteiger partial charge on any atom is 0.289 e. The fraction of sp³-hybridized carbons (Fsp3) is 0.189. The number of para-hydroxylation sites is 1. The van der Waals surface area contributed by atoms with E-state index in [4.69, 9.17) is 10.2 Å². The van der Waals surface area contributed by atoms with E-state index in [1.807, 2.05) is 48.5 Å². The molecule has 222 valence electrons. The van der Waals surface area contributed by atoms with Gasteiger partial charge in [0.05, 0.1) is 16.1 Å². The molecule has 0 saturated heterocycles. The van der Waals surface area contributed by atoms with Gasteiger partial charge in [-0.3, -0.25) is 9.59 Å². The Hall–Kier alpha value is -4.30. The second-order valence-corrected chi connectivity index (χ2v) is 17.5. The topological polar surface area (TPSA) is 74.3 Å². The highest BCUT2D eigenvalue weighted by Gasteiger charge is 2.50. The molecule has 0 unspecified atom stereocenters. The van der Waals surface area contributed by atoms with Crippen LogP contribution in [0.25, 0.3) is 31.6 Å².